The van der Waals surface area contributed by atoms with Gasteiger partial charge in [0.2, 0.25) is 0 Å². The van der Waals surface area contributed by atoms with Gasteiger partial charge in [-0.2, -0.15) is 0 Å². The minimum absolute atomic E-state index is 0.122. The second-order valence-corrected chi connectivity index (χ2v) is 5.45. The molecule has 2 unspecified atom stereocenters. The second-order valence-electron chi connectivity index (χ2n) is 5.45. The quantitative estimate of drug-likeness (QED) is 0.819. The third-order valence-corrected chi connectivity index (χ3v) is 3.95. The van der Waals surface area contributed by atoms with Crippen LogP contribution in [0.4, 0.5) is 5.69 Å². The molecular weight excluding hydrogens is 256 g/mol. The van der Waals surface area contributed by atoms with E-state index in [0.29, 0.717) is 30.1 Å². The summed E-state index contributed by atoms with van der Waals surface area (Å²) < 4.78 is 5.58. The number of aliphatic hydroxyl groups excluding tert-OH is 1. The lowest BCUT2D eigenvalue weighted by molar-refractivity contribution is 0.0734. The van der Waals surface area contributed by atoms with E-state index in [0.717, 1.165) is 11.8 Å². The van der Waals surface area contributed by atoms with Crippen LogP contribution in [-0.2, 0) is 0 Å². The van der Waals surface area contributed by atoms with Crippen LogP contribution >= 0.6 is 0 Å². The van der Waals surface area contributed by atoms with Crippen molar-refractivity contribution < 1.29 is 14.3 Å². The minimum atomic E-state index is -0.386. The van der Waals surface area contributed by atoms with Gasteiger partial charge in [0, 0.05) is 30.1 Å². The molecule has 0 aliphatic carbocycles. The van der Waals surface area contributed by atoms with Gasteiger partial charge in [-0.3, -0.25) is 4.79 Å². The molecule has 1 aromatic carbocycles. The number of carbonyl (C=O) groups is 1. The summed E-state index contributed by atoms with van der Waals surface area (Å²) in [7, 11) is 0. The maximum atomic E-state index is 12.4. The first-order valence-corrected chi connectivity index (χ1v) is 6.81. The van der Waals surface area contributed by atoms with Crippen LogP contribution in [-0.4, -0.2) is 35.1 Å². The van der Waals surface area contributed by atoms with Crippen LogP contribution in [0.5, 0.6) is 0 Å². The topological polar surface area (TPSA) is 79.7 Å². The summed E-state index contributed by atoms with van der Waals surface area (Å²) in [6.07, 6.45) is 0.444. The van der Waals surface area contributed by atoms with E-state index in [1.54, 1.807) is 36.1 Å². The fourth-order valence-corrected chi connectivity index (χ4v) is 2.69. The molecule has 5 heteroatoms. The zero-order chi connectivity index (χ0) is 14.3. The number of fused-ring (bicyclic) bond motifs is 1. The van der Waals surface area contributed by atoms with Crippen molar-refractivity contribution in [2.75, 3.05) is 18.8 Å². The number of nitrogens with zero attached hydrogens (tertiary/aromatic N) is 1. The average Bonchev–Trinajstić information content (AvgIpc) is 3.03. The van der Waals surface area contributed by atoms with Crippen molar-refractivity contribution >= 4 is 22.6 Å². The van der Waals surface area contributed by atoms with Crippen LogP contribution < -0.4 is 5.73 Å². The Hall–Kier alpha value is -2.01. The maximum absolute atomic E-state index is 12.4. The highest BCUT2D eigenvalue weighted by molar-refractivity contribution is 5.96. The highest BCUT2D eigenvalue weighted by Crippen LogP contribution is 2.25. The summed E-state index contributed by atoms with van der Waals surface area (Å²) >= 11 is 0. The van der Waals surface area contributed by atoms with Crippen LogP contribution in [0.1, 0.15) is 23.9 Å². The third kappa shape index (κ3) is 2.25. The molecule has 1 saturated heterocycles. The van der Waals surface area contributed by atoms with Gasteiger partial charge < -0.3 is 20.2 Å². The lowest BCUT2D eigenvalue weighted by Gasteiger charge is -2.16. The Morgan fingerprint density at radius 2 is 2.30 bits per heavy atom. The number of hydrogen-bond acceptors (Lipinski definition) is 4. The first-order valence-electron chi connectivity index (χ1n) is 6.81. The van der Waals surface area contributed by atoms with Crippen LogP contribution in [0.25, 0.3) is 11.0 Å². The number of rotatable bonds is 2. The van der Waals surface area contributed by atoms with Crippen LogP contribution in [0.15, 0.2) is 28.7 Å². The molecule has 1 aliphatic heterocycles. The minimum Gasteiger partial charge on any atom is -0.451 e. The van der Waals surface area contributed by atoms with Gasteiger partial charge in [0.15, 0.2) is 5.76 Å². The molecule has 2 heterocycles. The maximum Gasteiger partial charge on any atom is 0.289 e. The molecule has 20 heavy (non-hydrogen) atoms. The normalized spacial score (nSPS) is 20.5. The zero-order valence-electron chi connectivity index (χ0n) is 11.4. The van der Waals surface area contributed by atoms with Crippen molar-refractivity contribution in [1.29, 1.82) is 0 Å². The van der Waals surface area contributed by atoms with Gasteiger partial charge in [-0.15, -0.1) is 0 Å². The Balaban J connectivity index is 1.82. The van der Waals surface area contributed by atoms with Crippen LogP contribution in [0.2, 0.25) is 0 Å². The molecule has 5 nitrogen and oxygen atoms in total. The molecule has 0 saturated carbocycles. The molecule has 0 bridgehead atoms. The van der Waals surface area contributed by atoms with Crippen LogP contribution in [0.3, 0.4) is 0 Å². The Morgan fingerprint density at radius 3 is 3.00 bits per heavy atom. The SMILES string of the molecule is CC(O)C1CCN(C(=O)c2cc3cc(N)ccc3o2)C1. The van der Waals surface area contributed by atoms with Crippen molar-refractivity contribution in [2.45, 2.75) is 19.4 Å². The molecule has 0 radical (unpaired) electrons. The van der Waals surface area contributed by atoms with Crippen LogP contribution in [0, 0.1) is 5.92 Å². The highest BCUT2D eigenvalue weighted by Gasteiger charge is 2.30. The van der Waals surface area contributed by atoms with Gasteiger partial charge in [0.1, 0.15) is 5.58 Å². The average molecular weight is 274 g/mol. The third-order valence-electron chi connectivity index (χ3n) is 3.95. The van der Waals surface area contributed by atoms with E-state index in [1.165, 1.54) is 0 Å². The number of hydrogen-bond donors (Lipinski definition) is 2. The van der Waals surface area contributed by atoms with Crippen molar-refractivity contribution in [3.8, 4) is 0 Å². The van der Waals surface area contributed by atoms with Gasteiger partial charge in [-0.1, -0.05) is 0 Å². The summed E-state index contributed by atoms with van der Waals surface area (Å²) in [5.41, 5.74) is 7.02. The predicted molar refractivity (Wildman–Crippen MR) is 76.3 cm³/mol. The number of aliphatic hydroxyl groups is 1. The highest BCUT2D eigenvalue weighted by atomic mass is 16.3. The Kier molecular flexibility index (Phi) is 3.14. The number of furan rings is 1. The number of benzene rings is 1. The Bertz CT molecular complexity index is 648. The molecule has 3 rings (SSSR count). The number of nitrogens with two attached hydrogens (primary N) is 1. The summed E-state index contributed by atoms with van der Waals surface area (Å²) in [5.74, 6) is 0.360. The van der Waals surface area contributed by atoms with Gasteiger partial charge >= 0.3 is 0 Å². The standard InChI is InChI=1S/C15H18N2O3/c1-9(18)10-4-5-17(8-10)15(19)14-7-11-6-12(16)2-3-13(11)20-14/h2-3,6-7,9-10,18H,4-5,8,16H2,1H3. The smallest absolute Gasteiger partial charge is 0.289 e. The van der Waals surface area contributed by atoms with E-state index < -0.39 is 0 Å². The van der Waals surface area contributed by atoms with E-state index in [2.05, 4.69) is 0 Å². The molecule has 1 aliphatic rings. The lowest BCUT2D eigenvalue weighted by Crippen LogP contribution is -2.30. The first-order chi connectivity index (χ1) is 9.54. The van der Waals surface area contributed by atoms with E-state index in [-0.39, 0.29) is 17.9 Å². The van der Waals surface area contributed by atoms with Crippen molar-refractivity contribution in [1.82, 2.24) is 4.90 Å². The first kappa shape index (κ1) is 13.0. The lowest BCUT2D eigenvalue weighted by atomic mass is 10.0. The zero-order valence-corrected chi connectivity index (χ0v) is 11.4. The van der Waals surface area contributed by atoms with E-state index >= 15 is 0 Å². The molecule has 3 N–H and O–H groups in total. The molecule has 1 fully saturated rings. The predicted octanol–water partition coefficient (Wildman–Crippen LogP) is 1.86. The largest absolute Gasteiger partial charge is 0.451 e. The van der Waals surface area contributed by atoms with Gasteiger partial charge in [0.05, 0.1) is 6.10 Å². The van der Waals surface area contributed by atoms with Crippen molar-refractivity contribution in [3.05, 3.63) is 30.0 Å². The van der Waals surface area contributed by atoms with Crippen molar-refractivity contribution in [2.24, 2.45) is 5.92 Å². The molecule has 0 spiro atoms. The number of anilines is 1. The second kappa shape index (κ2) is 4.83. The fraction of sp³-hybridized carbons (Fsp3) is 0.400. The summed E-state index contributed by atoms with van der Waals surface area (Å²) in [4.78, 5) is 14.1. The molecule has 2 aromatic rings. The molecule has 2 atom stereocenters. The van der Waals surface area contributed by atoms with Gasteiger partial charge in [0.25, 0.3) is 5.91 Å². The Morgan fingerprint density at radius 1 is 1.50 bits per heavy atom. The monoisotopic (exact) mass is 274 g/mol. The summed E-state index contributed by atoms with van der Waals surface area (Å²) in [6.45, 7) is 3.01. The molecule has 106 valence electrons. The van der Waals surface area contributed by atoms with E-state index in [9.17, 15) is 9.90 Å². The summed E-state index contributed by atoms with van der Waals surface area (Å²) in [5, 5.41) is 10.4. The fourth-order valence-electron chi connectivity index (χ4n) is 2.69. The number of carbonyl (C=O) groups excluding carboxylic acids is 1. The number of likely N-dealkylation sites (tertiary alicyclic amines) is 1. The van der Waals surface area contributed by atoms with Gasteiger partial charge in [-0.25, -0.2) is 0 Å². The summed E-state index contributed by atoms with van der Waals surface area (Å²) in [6, 6.07) is 7.03. The van der Waals surface area contributed by atoms with E-state index in [4.69, 9.17) is 10.2 Å². The van der Waals surface area contributed by atoms with E-state index in [1.807, 2.05) is 0 Å². The molecule has 1 amide bonds. The van der Waals surface area contributed by atoms with Crippen molar-refractivity contribution in [3.63, 3.8) is 0 Å². The van der Waals surface area contributed by atoms with Gasteiger partial charge in [-0.05, 0) is 37.6 Å². The molecular formula is C15H18N2O3. The number of nitrogen functional groups attached to an aromatic ring is 1. The Labute approximate surface area is 117 Å². The number of amides is 1. The molecule has 1 aromatic heterocycles.